The first-order valence-corrected chi connectivity index (χ1v) is 9.30. The number of rotatable bonds is 6. The number of benzene rings is 2. The van der Waals surface area contributed by atoms with Gasteiger partial charge in [0.1, 0.15) is 5.60 Å². The fourth-order valence-electron chi connectivity index (χ4n) is 2.60. The van der Waals surface area contributed by atoms with E-state index in [1.807, 2.05) is 6.07 Å². The van der Waals surface area contributed by atoms with Gasteiger partial charge in [0.05, 0.1) is 0 Å². The van der Waals surface area contributed by atoms with E-state index in [1.165, 1.54) is 11.0 Å². The molecule has 2 aromatic carbocycles. The Balaban J connectivity index is 1.90. The number of nitrogens with one attached hydrogen (secondary N) is 1. The Morgan fingerprint density at radius 1 is 1.03 bits per heavy atom. The zero-order valence-corrected chi connectivity index (χ0v) is 17.1. The molecule has 2 amide bonds. The average molecular weight is 404 g/mol. The molecule has 0 saturated heterocycles. The maximum absolute atomic E-state index is 13.2. The first-order chi connectivity index (χ1) is 13.5. The summed E-state index contributed by atoms with van der Waals surface area (Å²) < 4.78 is 31.5. The highest BCUT2D eigenvalue weighted by Crippen LogP contribution is 2.16. The molecule has 0 heterocycles. The molecule has 0 aliphatic carbocycles. The quantitative estimate of drug-likeness (QED) is 0.745. The lowest BCUT2D eigenvalue weighted by molar-refractivity contribution is -0.116. The summed E-state index contributed by atoms with van der Waals surface area (Å²) in [5.74, 6) is -2.08. The Labute approximate surface area is 169 Å². The van der Waals surface area contributed by atoms with Crippen LogP contribution in [-0.2, 0) is 22.5 Å². The highest BCUT2D eigenvalue weighted by molar-refractivity contribution is 5.90. The molecule has 0 spiro atoms. The molecule has 0 aromatic heterocycles. The zero-order valence-electron chi connectivity index (χ0n) is 17.1. The molecule has 0 bridgehead atoms. The van der Waals surface area contributed by atoms with E-state index in [9.17, 15) is 18.4 Å². The van der Waals surface area contributed by atoms with Gasteiger partial charge in [0.25, 0.3) is 0 Å². The first-order valence-electron chi connectivity index (χ1n) is 9.30. The maximum atomic E-state index is 13.2. The van der Waals surface area contributed by atoms with Crippen molar-refractivity contribution in [3.63, 3.8) is 0 Å². The van der Waals surface area contributed by atoms with Crippen molar-refractivity contribution in [1.29, 1.82) is 0 Å². The molecule has 2 aromatic rings. The number of halogens is 2. The Bertz CT molecular complexity index is 879. The Hall–Kier alpha value is -2.96. The number of anilines is 1. The minimum Gasteiger partial charge on any atom is -0.444 e. The van der Waals surface area contributed by atoms with Gasteiger partial charge in [-0.2, -0.15) is 0 Å². The fraction of sp³-hybridized carbons (Fsp3) is 0.364. The minimum absolute atomic E-state index is 0.132. The lowest BCUT2D eigenvalue weighted by Gasteiger charge is -2.24. The van der Waals surface area contributed by atoms with Gasteiger partial charge in [0, 0.05) is 25.7 Å². The number of amides is 2. The van der Waals surface area contributed by atoms with Crippen LogP contribution in [0.25, 0.3) is 0 Å². The summed E-state index contributed by atoms with van der Waals surface area (Å²) in [7, 11) is 1.64. The largest absolute Gasteiger partial charge is 0.444 e. The van der Waals surface area contributed by atoms with Crippen LogP contribution in [0, 0.1) is 11.6 Å². The molecule has 0 fully saturated rings. The number of ether oxygens (including phenoxy) is 1. The van der Waals surface area contributed by atoms with Crippen LogP contribution in [-0.4, -0.2) is 29.5 Å². The summed E-state index contributed by atoms with van der Waals surface area (Å²) in [5.41, 5.74) is 1.40. The van der Waals surface area contributed by atoms with Gasteiger partial charge in [-0.05, 0) is 62.6 Å². The van der Waals surface area contributed by atoms with Crippen molar-refractivity contribution in [3.05, 3.63) is 65.2 Å². The van der Waals surface area contributed by atoms with Gasteiger partial charge in [0.2, 0.25) is 5.91 Å². The number of carbonyl (C=O) groups is 2. The van der Waals surface area contributed by atoms with Crippen molar-refractivity contribution < 1.29 is 23.1 Å². The van der Waals surface area contributed by atoms with Gasteiger partial charge in [-0.1, -0.05) is 18.2 Å². The van der Waals surface area contributed by atoms with Crippen LogP contribution in [0.2, 0.25) is 0 Å². The van der Waals surface area contributed by atoms with Crippen LogP contribution in [0.1, 0.15) is 38.3 Å². The maximum Gasteiger partial charge on any atom is 0.410 e. The fourth-order valence-corrected chi connectivity index (χ4v) is 2.60. The van der Waals surface area contributed by atoms with Crippen LogP contribution in [0.3, 0.4) is 0 Å². The van der Waals surface area contributed by atoms with E-state index in [2.05, 4.69) is 5.32 Å². The normalized spacial score (nSPS) is 11.1. The molecule has 0 radical (unpaired) electrons. The smallest absolute Gasteiger partial charge is 0.410 e. The van der Waals surface area contributed by atoms with Crippen LogP contribution in [0.5, 0.6) is 0 Å². The second-order valence-corrected chi connectivity index (χ2v) is 7.83. The monoisotopic (exact) mass is 404 g/mol. The van der Waals surface area contributed by atoms with E-state index in [0.717, 1.165) is 17.7 Å². The Kier molecular flexibility index (Phi) is 7.31. The molecule has 156 valence electrons. The van der Waals surface area contributed by atoms with E-state index >= 15 is 0 Å². The highest BCUT2D eigenvalue weighted by Gasteiger charge is 2.19. The third-order valence-electron chi connectivity index (χ3n) is 3.96. The van der Waals surface area contributed by atoms with E-state index in [4.69, 9.17) is 4.74 Å². The van der Waals surface area contributed by atoms with Crippen molar-refractivity contribution in [2.24, 2.45) is 0 Å². The molecule has 1 N–H and O–H groups in total. The molecule has 7 heteroatoms. The van der Waals surface area contributed by atoms with Gasteiger partial charge in [-0.3, -0.25) is 4.79 Å². The van der Waals surface area contributed by atoms with E-state index in [1.54, 1.807) is 46.0 Å². The van der Waals surface area contributed by atoms with Gasteiger partial charge >= 0.3 is 6.09 Å². The lowest BCUT2D eigenvalue weighted by atomic mass is 10.1. The first kappa shape index (κ1) is 22.3. The van der Waals surface area contributed by atoms with Crippen LogP contribution >= 0.6 is 0 Å². The summed E-state index contributed by atoms with van der Waals surface area (Å²) in [5, 5.41) is 2.78. The predicted octanol–water partition coefficient (Wildman–Crippen LogP) is 4.90. The third kappa shape index (κ3) is 7.52. The molecular weight excluding hydrogens is 378 g/mol. The lowest BCUT2D eigenvalue weighted by Crippen LogP contribution is -2.33. The Morgan fingerprint density at radius 3 is 2.41 bits per heavy atom. The van der Waals surface area contributed by atoms with Crippen LogP contribution in [0.15, 0.2) is 42.5 Å². The molecule has 0 atom stereocenters. The molecule has 2 rings (SSSR count). The zero-order chi connectivity index (χ0) is 21.6. The van der Waals surface area contributed by atoms with Crippen molar-refractivity contribution in [1.82, 2.24) is 4.90 Å². The number of hydrogen-bond donors (Lipinski definition) is 1. The van der Waals surface area contributed by atoms with E-state index in [-0.39, 0.29) is 12.3 Å². The van der Waals surface area contributed by atoms with Crippen LogP contribution < -0.4 is 5.32 Å². The van der Waals surface area contributed by atoms with Crippen LogP contribution in [0.4, 0.5) is 19.3 Å². The summed E-state index contributed by atoms with van der Waals surface area (Å²) in [6.07, 6.45) is -0.00418. The van der Waals surface area contributed by atoms with Gasteiger partial charge in [0.15, 0.2) is 11.6 Å². The van der Waals surface area contributed by atoms with Gasteiger partial charge in [-0.15, -0.1) is 0 Å². The summed E-state index contributed by atoms with van der Waals surface area (Å²) >= 11 is 0. The average Bonchev–Trinajstić information content (AvgIpc) is 2.61. The van der Waals surface area contributed by atoms with Crippen molar-refractivity contribution in [2.45, 2.75) is 45.8 Å². The second kappa shape index (κ2) is 9.49. The Morgan fingerprint density at radius 2 is 1.76 bits per heavy atom. The molecule has 29 heavy (non-hydrogen) atoms. The van der Waals surface area contributed by atoms with Crippen molar-refractivity contribution >= 4 is 17.7 Å². The third-order valence-corrected chi connectivity index (χ3v) is 3.96. The van der Waals surface area contributed by atoms with E-state index in [0.29, 0.717) is 24.2 Å². The number of aryl methyl sites for hydroxylation is 1. The number of nitrogens with zero attached hydrogens (tertiary/aromatic N) is 1. The number of hydrogen-bond acceptors (Lipinski definition) is 3. The minimum atomic E-state index is -0.926. The van der Waals surface area contributed by atoms with Crippen molar-refractivity contribution in [2.75, 3.05) is 12.4 Å². The molecular formula is C22H26F2N2O3. The predicted molar refractivity (Wildman–Crippen MR) is 107 cm³/mol. The molecule has 5 nitrogen and oxygen atoms in total. The van der Waals surface area contributed by atoms with Gasteiger partial charge < -0.3 is 15.0 Å². The molecule has 0 aliphatic rings. The highest BCUT2D eigenvalue weighted by atomic mass is 19.2. The number of carbonyl (C=O) groups excluding carboxylic acids is 2. The standard InChI is InChI=1S/C22H26F2N2O3/c1-22(2,3)29-21(28)26(4)14-16-6-5-7-17(12-16)25-20(27)11-9-15-8-10-18(23)19(24)13-15/h5-8,10,12-13H,9,11,14H2,1-4H3,(H,25,27). The van der Waals surface area contributed by atoms with Gasteiger partial charge in [-0.25, -0.2) is 13.6 Å². The molecule has 0 saturated carbocycles. The summed E-state index contributed by atoms with van der Waals surface area (Å²) in [6.45, 7) is 5.73. The van der Waals surface area contributed by atoms with Crippen molar-refractivity contribution in [3.8, 4) is 0 Å². The topological polar surface area (TPSA) is 58.6 Å². The SMILES string of the molecule is CN(Cc1cccc(NC(=O)CCc2ccc(F)c(F)c2)c1)C(=O)OC(C)(C)C. The molecule has 0 aliphatic heterocycles. The summed E-state index contributed by atoms with van der Waals surface area (Å²) in [6, 6.07) is 10.7. The summed E-state index contributed by atoms with van der Waals surface area (Å²) in [4.78, 5) is 25.7. The molecule has 0 unspecified atom stereocenters. The van der Waals surface area contributed by atoms with E-state index < -0.39 is 23.3 Å². The second-order valence-electron chi connectivity index (χ2n) is 7.83.